The Balaban J connectivity index is 2.05. The number of hydrogen-bond donors (Lipinski definition) is 0. The second-order valence-corrected chi connectivity index (χ2v) is 7.13. The number of aromatic nitrogens is 1. The van der Waals surface area contributed by atoms with Gasteiger partial charge in [0.1, 0.15) is 6.29 Å². The molecule has 0 fully saturated rings. The number of benzene rings is 3. The Morgan fingerprint density at radius 3 is 2.07 bits per heavy atom. The maximum Gasteiger partial charge on any atom is 0.124 e. The molecule has 0 spiro atoms. The van der Waals surface area contributed by atoms with Gasteiger partial charge in [-0.15, -0.1) is 0 Å². The first kappa shape index (κ1) is 17.6. The van der Waals surface area contributed by atoms with Gasteiger partial charge in [0.25, 0.3) is 0 Å². The zero-order valence-electron chi connectivity index (χ0n) is 15.1. The summed E-state index contributed by atoms with van der Waals surface area (Å²) in [7, 11) is 0. The Hall–Kier alpha value is -2.84. The van der Waals surface area contributed by atoms with E-state index in [-0.39, 0.29) is 6.04 Å². The highest BCUT2D eigenvalue weighted by molar-refractivity contribution is 6.31. The third kappa shape index (κ3) is 3.17. The molecule has 0 bridgehead atoms. The van der Waals surface area contributed by atoms with Crippen LogP contribution in [0.2, 0.25) is 5.02 Å². The molecule has 0 atom stereocenters. The molecule has 2 nitrogen and oxygen atoms in total. The summed E-state index contributed by atoms with van der Waals surface area (Å²) in [6.07, 6.45) is 1.35. The molecular weight excluding hydrogens is 354 g/mol. The largest absolute Gasteiger partial charge is 0.333 e. The lowest BCUT2D eigenvalue weighted by molar-refractivity contribution is -0.107. The van der Waals surface area contributed by atoms with Crippen molar-refractivity contribution in [2.24, 2.45) is 0 Å². The van der Waals surface area contributed by atoms with Crippen LogP contribution in [0.3, 0.4) is 0 Å². The van der Waals surface area contributed by atoms with Gasteiger partial charge in [-0.2, -0.15) is 0 Å². The highest BCUT2D eigenvalue weighted by atomic mass is 35.5. The molecule has 1 aromatic heterocycles. The summed E-state index contributed by atoms with van der Waals surface area (Å²) in [6, 6.07) is 26.9. The molecule has 4 rings (SSSR count). The van der Waals surface area contributed by atoms with Gasteiger partial charge in [0, 0.05) is 28.0 Å². The van der Waals surface area contributed by atoms with Gasteiger partial charge >= 0.3 is 0 Å². The van der Waals surface area contributed by atoms with Crippen molar-refractivity contribution >= 4 is 28.8 Å². The van der Waals surface area contributed by atoms with Crippen molar-refractivity contribution in [2.45, 2.75) is 19.4 Å². The third-order valence-electron chi connectivity index (χ3n) is 5.12. The van der Waals surface area contributed by atoms with Crippen LogP contribution in [0.4, 0.5) is 0 Å². The first-order valence-corrected chi connectivity index (χ1v) is 9.41. The number of rotatable bonds is 5. The number of hydrogen-bond acceptors (Lipinski definition) is 1. The Bertz CT molecular complexity index is 1040. The van der Waals surface area contributed by atoms with Crippen molar-refractivity contribution in [1.29, 1.82) is 0 Å². The molecule has 0 aliphatic rings. The van der Waals surface area contributed by atoms with E-state index in [2.05, 4.69) is 66.1 Å². The van der Waals surface area contributed by atoms with Crippen molar-refractivity contribution in [1.82, 2.24) is 4.57 Å². The van der Waals surface area contributed by atoms with E-state index in [1.165, 1.54) is 11.1 Å². The lowest BCUT2D eigenvalue weighted by Gasteiger charge is -2.23. The Kier molecular flexibility index (Phi) is 4.83. The monoisotopic (exact) mass is 373 g/mol. The van der Waals surface area contributed by atoms with E-state index in [1.54, 1.807) is 0 Å². The first-order valence-electron chi connectivity index (χ1n) is 9.03. The van der Waals surface area contributed by atoms with Crippen LogP contribution in [0.15, 0.2) is 78.9 Å². The van der Waals surface area contributed by atoms with E-state index in [1.807, 2.05) is 24.3 Å². The maximum atomic E-state index is 11.3. The molecule has 0 unspecified atom stereocenters. The van der Waals surface area contributed by atoms with Crippen LogP contribution in [0.5, 0.6) is 0 Å². The average molecular weight is 374 g/mol. The minimum absolute atomic E-state index is 0.0245. The number of carbonyl (C=O) groups is 1. The Morgan fingerprint density at radius 2 is 1.52 bits per heavy atom. The molecule has 0 saturated heterocycles. The van der Waals surface area contributed by atoms with Gasteiger partial charge in [-0.05, 0) is 41.8 Å². The third-order valence-corrected chi connectivity index (χ3v) is 5.35. The van der Waals surface area contributed by atoms with Gasteiger partial charge in [0.15, 0.2) is 0 Å². The molecule has 134 valence electrons. The van der Waals surface area contributed by atoms with E-state index >= 15 is 0 Å². The standard InChI is InChI=1S/C24H20ClNO/c1-17-21(14-15-27)22-16-20(25)12-13-23(22)26(17)24(18-8-4-2-5-9-18)19-10-6-3-7-11-19/h2-13,15-16,24H,14H2,1H3. The molecule has 4 aromatic rings. The second-order valence-electron chi connectivity index (χ2n) is 6.69. The minimum atomic E-state index is 0.0245. The van der Waals surface area contributed by atoms with Crippen molar-refractivity contribution in [3.63, 3.8) is 0 Å². The quantitative estimate of drug-likeness (QED) is 0.394. The Morgan fingerprint density at radius 1 is 0.926 bits per heavy atom. The maximum absolute atomic E-state index is 11.3. The van der Waals surface area contributed by atoms with Crippen LogP contribution in [-0.2, 0) is 11.2 Å². The predicted molar refractivity (Wildman–Crippen MR) is 112 cm³/mol. The molecule has 0 saturated carbocycles. The van der Waals surface area contributed by atoms with E-state index in [9.17, 15) is 4.79 Å². The van der Waals surface area contributed by atoms with Gasteiger partial charge in [0.2, 0.25) is 0 Å². The van der Waals surface area contributed by atoms with Gasteiger partial charge in [-0.3, -0.25) is 0 Å². The minimum Gasteiger partial charge on any atom is -0.333 e. The fourth-order valence-electron chi connectivity index (χ4n) is 3.92. The number of halogens is 1. The van der Waals surface area contributed by atoms with Crippen LogP contribution in [0.1, 0.15) is 28.4 Å². The van der Waals surface area contributed by atoms with E-state index in [4.69, 9.17) is 11.6 Å². The fraction of sp³-hybridized carbons (Fsp3) is 0.125. The Labute approximate surface area is 164 Å². The van der Waals surface area contributed by atoms with Crippen molar-refractivity contribution < 1.29 is 4.79 Å². The summed E-state index contributed by atoms with van der Waals surface area (Å²) in [6.45, 7) is 2.09. The number of fused-ring (bicyclic) bond motifs is 1. The lowest BCUT2D eigenvalue weighted by atomic mass is 9.98. The lowest BCUT2D eigenvalue weighted by Crippen LogP contribution is -2.14. The predicted octanol–water partition coefficient (Wildman–Crippen LogP) is 5.98. The van der Waals surface area contributed by atoms with Gasteiger partial charge in [-0.1, -0.05) is 72.3 Å². The number of aldehydes is 1. The molecule has 1 heterocycles. The van der Waals surface area contributed by atoms with Gasteiger partial charge < -0.3 is 9.36 Å². The van der Waals surface area contributed by atoms with Crippen LogP contribution in [0.25, 0.3) is 10.9 Å². The molecule has 3 heteroatoms. The topological polar surface area (TPSA) is 22.0 Å². The fourth-order valence-corrected chi connectivity index (χ4v) is 4.09. The molecule has 0 radical (unpaired) electrons. The van der Waals surface area contributed by atoms with Crippen LogP contribution in [0, 0.1) is 6.92 Å². The van der Waals surface area contributed by atoms with Crippen LogP contribution >= 0.6 is 11.6 Å². The summed E-state index contributed by atoms with van der Waals surface area (Å²) < 4.78 is 2.33. The number of carbonyl (C=O) groups excluding carboxylic acids is 1. The molecule has 0 N–H and O–H groups in total. The summed E-state index contributed by atoms with van der Waals surface area (Å²) in [5, 5.41) is 1.73. The van der Waals surface area contributed by atoms with E-state index < -0.39 is 0 Å². The molecular formula is C24H20ClNO. The van der Waals surface area contributed by atoms with Crippen molar-refractivity contribution in [2.75, 3.05) is 0 Å². The van der Waals surface area contributed by atoms with E-state index in [0.717, 1.165) is 28.4 Å². The van der Waals surface area contributed by atoms with Crippen molar-refractivity contribution in [3.05, 3.63) is 106 Å². The number of nitrogens with zero attached hydrogens (tertiary/aromatic N) is 1. The van der Waals surface area contributed by atoms with Crippen LogP contribution in [-0.4, -0.2) is 10.9 Å². The SMILES string of the molecule is Cc1c(CC=O)c2cc(Cl)ccc2n1C(c1ccccc1)c1ccccc1. The smallest absolute Gasteiger partial charge is 0.124 e. The van der Waals surface area contributed by atoms with Gasteiger partial charge in [0.05, 0.1) is 6.04 Å². The summed E-state index contributed by atoms with van der Waals surface area (Å²) in [4.78, 5) is 11.3. The highest BCUT2D eigenvalue weighted by Gasteiger charge is 2.23. The van der Waals surface area contributed by atoms with Crippen LogP contribution < -0.4 is 0 Å². The van der Waals surface area contributed by atoms with E-state index in [0.29, 0.717) is 11.4 Å². The molecule has 0 aliphatic carbocycles. The van der Waals surface area contributed by atoms with Crippen molar-refractivity contribution in [3.8, 4) is 0 Å². The summed E-state index contributed by atoms with van der Waals surface area (Å²) in [5.74, 6) is 0. The molecule has 0 aliphatic heterocycles. The molecule has 0 amide bonds. The zero-order valence-corrected chi connectivity index (χ0v) is 15.9. The average Bonchev–Trinajstić information content (AvgIpc) is 2.96. The molecule has 3 aromatic carbocycles. The second kappa shape index (κ2) is 7.42. The summed E-state index contributed by atoms with van der Waals surface area (Å²) in [5.41, 5.74) is 5.63. The molecule has 27 heavy (non-hydrogen) atoms. The normalized spacial score (nSPS) is 11.2. The van der Waals surface area contributed by atoms with Gasteiger partial charge in [-0.25, -0.2) is 0 Å². The highest BCUT2D eigenvalue weighted by Crippen LogP contribution is 2.36. The first-order chi connectivity index (χ1) is 13.2. The zero-order chi connectivity index (χ0) is 18.8. The summed E-state index contributed by atoms with van der Waals surface area (Å²) >= 11 is 6.27.